The second kappa shape index (κ2) is 21.0. The van der Waals surface area contributed by atoms with Gasteiger partial charge in [-0.15, -0.1) is 0 Å². The maximum Gasteiger partial charge on any atom is 0.159 e. The maximum absolute atomic E-state index is 18.7. The lowest BCUT2D eigenvalue weighted by molar-refractivity contribution is 0.629. The minimum Gasteiger partial charge on any atom is -0.454 e. The summed E-state index contributed by atoms with van der Waals surface area (Å²) in [6, 6.07) is 90.1. The lowest BCUT2D eigenvalue weighted by atomic mass is 9.83. The van der Waals surface area contributed by atoms with Crippen LogP contribution in [0.2, 0.25) is 0 Å². The summed E-state index contributed by atoms with van der Waals surface area (Å²) >= 11 is 0. The highest BCUT2D eigenvalue weighted by atomic mass is 19.1. The normalized spacial score (nSPS) is 12.0. The predicted molar refractivity (Wildman–Crippen MR) is 364 cm³/mol. The van der Waals surface area contributed by atoms with Gasteiger partial charge >= 0.3 is 0 Å². The predicted octanol–water partition coefficient (Wildman–Crippen LogP) is 24.5. The summed E-state index contributed by atoms with van der Waals surface area (Å²) in [6.07, 6.45) is 0. The van der Waals surface area contributed by atoms with Crippen molar-refractivity contribution in [3.05, 3.63) is 290 Å². The second-order valence-corrected chi connectivity index (χ2v) is 23.7. The van der Waals surface area contributed by atoms with Gasteiger partial charge in [0.2, 0.25) is 0 Å². The molecular formula is C82H58F2N2O2. The van der Waals surface area contributed by atoms with Gasteiger partial charge < -0.3 is 18.6 Å². The van der Waals surface area contributed by atoms with Crippen molar-refractivity contribution in [3.8, 4) is 44.5 Å². The van der Waals surface area contributed by atoms with E-state index in [1.807, 2.05) is 133 Å². The molecule has 0 radical (unpaired) electrons. The highest BCUT2D eigenvalue weighted by Crippen LogP contribution is 2.56. The SMILES string of the molecule is CC(C)c1cc(N(c2c(F)cc(-c3ccccc3)cc2-c2ccccc2)c2cccc3c2oc2ccccc23)c2ccc3c(C(C)C)cc(N(c4c(F)cc(-c5ccccc5)cc4-c4ccccc4)c4cccc5c4oc4ccccc45)c4ccc1c2c34. The van der Waals surface area contributed by atoms with Crippen molar-refractivity contribution in [3.63, 3.8) is 0 Å². The van der Waals surface area contributed by atoms with E-state index in [2.05, 4.69) is 159 Å². The van der Waals surface area contributed by atoms with Crippen LogP contribution in [0.3, 0.4) is 0 Å². The Morgan fingerprint density at radius 3 is 1.01 bits per heavy atom. The molecule has 88 heavy (non-hydrogen) atoms. The molecule has 2 aromatic heterocycles. The summed E-state index contributed by atoms with van der Waals surface area (Å²) in [5.74, 6) is -0.746. The Bertz CT molecular complexity index is 5030. The van der Waals surface area contributed by atoms with Gasteiger partial charge in [-0.1, -0.05) is 234 Å². The Morgan fingerprint density at radius 1 is 0.284 bits per heavy atom. The molecule has 0 bridgehead atoms. The molecule has 4 nitrogen and oxygen atoms in total. The van der Waals surface area contributed by atoms with Crippen LogP contribution >= 0.6 is 0 Å². The average molecular weight is 1140 g/mol. The van der Waals surface area contributed by atoms with Gasteiger partial charge in [0.15, 0.2) is 11.2 Å². The number of fused-ring (bicyclic) bond motifs is 6. The van der Waals surface area contributed by atoms with Crippen molar-refractivity contribution in [1.82, 2.24) is 0 Å². The lowest BCUT2D eigenvalue weighted by Gasteiger charge is -2.33. The number of hydrogen-bond acceptors (Lipinski definition) is 4. The molecule has 2 heterocycles. The number of rotatable bonds is 12. The van der Waals surface area contributed by atoms with Gasteiger partial charge in [-0.3, -0.25) is 0 Å². The molecule has 0 aliphatic carbocycles. The molecule has 0 amide bonds. The molecule has 0 N–H and O–H groups in total. The number of hydrogen-bond donors (Lipinski definition) is 0. The standard InChI is InChI=1S/C82H58F2N2O2/c1-49(2)65-47-73(85(71-35-21-33-61-57-31-17-19-37-75(57)87-81(61)71)79-67(53-27-13-7-14-28-53)43-55(45-69(79)83)51-23-9-5-10-24-51)63-42-40-60-66(50(3)4)48-74(64-41-39-59(65)77(63)78(60)64)86(72-36-22-34-62-58-32-18-20-38-76(58)88-82(62)72)80-68(54-29-15-8-16-30-54)44-56(46-70(80)84)52-25-11-6-12-26-52/h5-50H,1-4H3. The van der Waals surface area contributed by atoms with Crippen molar-refractivity contribution in [1.29, 1.82) is 0 Å². The zero-order valence-corrected chi connectivity index (χ0v) is 49.0. The highest BCUT2D eigenvalue weighted by Gasteiger charge is 2.33. The molecular weight excluding hydrogens is 1080 g/mol. The first-order valence-corrected chi connectivity index (χ1v) is 30.2. The lowest BCUT2D eigenvalue weighted by Crippen LogP contribution is -2.16. The van der Waals surface area contributed by atoms with Crippen molar-refractivity contribution >= 4 is 110 Å². The number of anilines is 6. The highest BCUT2D eigenvalue weighted by molar-refractivity contribution is 6.30. The molecule has 0 unspecified atom stereocenters. The minimum atomic E-state index is -0.389. The molecule has 0 spiro atoms. The Labute approximate surface area is 508 Å². The van der Waals surface area contributed by atoms with E-state index in [1.165, 1.54) is 0 Å². The van der Waals surface area contributed by atoms with Crippen LogP contribution < -0.4 is 9.80 Å². The topological polar surface area (TPSA) is 32.8 Å². The van der Waals surface area contributed by atoms with Gasteiger partial charge in [-0.05, 0) is 139 Å². The fraction of sp³-hybridized carbons (Fsp3) is 0.0732. The largest absolute Gasteiger partial charge is 0.454 e. The number of benzene rings is 14. The maximum atomic E-state index is 18.7. The molecule has 0 aliphatic rings. The van der Waals surface area contributed by atoms with Crippen LogP contribution in [-0.4, -0.2) is 0 Å². The van der Waals surface area contributed by atoms with Crippen LogP contribution in [0.5, 0.6) is 0 Å². The average Bonchev–Trinajstić information content (AvgIpc) is 1.07. The monoisotopic (exact) mass is 1140 g/mol. The zero-order valence-electron chi connectivity index (χ0n) is 49.0. The smallest absolute Gasteiger partial charge is 0.159 e. The summed E-state index contributed by atoms with van der Waals surface area (Å²) in [5.41, 5.74) is 15.2. The summed E-state index contributed by atoms with van der Waals surface area (Å²) < 4.78 is 51.4. The summed E-state index contributed by atoms with van der Waals surface area (Å²) in [7, 11) is 0. The molecule has 422 valence electrons. The van der Waals surface area contributed by atoms with Crippen molar-refractivity contribution < 1.29 is 17.6 Å². The number of furan rings is 2. The van der Waals surface area contributed by atoms with Gasteiger partial charge in [0.25, 0.3) is 0 Å². The molecule has 6 heteroatoms. The van der Waals surface area contributed by atoms with E-state index in [1.54, 1.807) is 12.1 Å². The Morgan fingerprint density at radius 2 is 0.625 bits per heavy atom. The summed E-state index contributed by atoms with van der Waals surface area (Å²) in [5, 5.41) is 9.83. The number of para-hydroxylation sites is 4. The van der Waals surface area contributed by atoms with Crippen LogP contribution in [0, 0.1) is 11.6 Å². The Balaban J connectivity index is 1.05. The van der Waals surface area contributed by atoms with Gasteiger partial charge in [-0.25, -0.2) is 8.78 Å². The van der Waals surface area contributed by atoms with E-state index in [0.29, 0.717) is 33.9 Å². The molecule has 14 aromatic carbocycles. The molecule has 0 fully saturated rings. The summed E-state index contributed by atoms with van der Waals surface area (Å²) in [4.78, 5) is 4.26. The van der Waals surface area contributed by atoms with E-state index in [-0.39, 0.29) is 23.5 Å². The Kier molecular flexibility index (Phi) is 12.6. The van der Waals surface area contributed by atoms with Crippen molar-refractivity contribution in [2.24, 2.45) is 0 Å². The van der Waals surface area contributed by atoms with E-state index in [9.17, 15) is 0 Å². The van der Waals surface area contributed by atoms with Crippen molar-refractivity contribution in [2.75, 3.05) is 9.80 Å². The first-order valence-electron chi connectivity index (χ1n) is 30.2. The molecule has 0 saturated heterocycles. The van der Waals surface area contributed by atoms with Gasteiger partial charge in [-0.2, -0.15) is 0 Å². The van der Waals surface area contributed by atoms with E-state index < -0.39 is 0 Å². The van der Waals surface area contributed by atoms with Crippen LogP contribution in [0.4, 0.5) is 42.9 Å². The van der Waals surface area contributed by atoms with Crippen molar-refractivity contribution in [2.45, 2.75) is 39.5 Å². The Hall–Kier alpha value is -10.8. The van der Waals surface area contributed by atoms with E-state index >= 15 is 8.78 Å². The number of halogens is 2. The van der Waals surface area contributed by atoms with Crippen LogP contribution in [0.15, 0.2) is 276 Å². The number of nitrogens with zero attached hydrogens (tertiary/aromatic N) is 2. The first kappa shape index (κ1) is 52.7. The van der Waals surface area contributed by atoms with Crippen LogP contribution in [-0.2, 0) is 0 Å². The zero-order chi connectivity index (χ0) is 59.3. The molecule has 0 aliphatic heterocycles. The molecule has 0 atom stereocenters. The van der Waals surface area contributed by atoms with Gasteiger partial charge in [0, 0.05) is 43.4 Å². The third-order valence-electron chi connectivity index (χ3n) is 17.9. The van der Waals surface area contributed by atoms with Crippen LogP contribution in [0.1, 0.15) is 50.7 Å². The third kappa shape index (κ3) is 8.46. The second-order valence-electron chi connectivity index (χ2n) is 23.7. The quantitative estimate of drug-likeness (QED) is 0.114. The molecule has 16 rings (SSSR count). The summed E-state index contributed by atoms with van der Waals surface area (Å²) in [6.45, 7) is 8.94. The van der Waals surface area contributed by atoms with E-state index in [0.717, 1.165) is 132 Å². The fourth-order valence-electron chi connectivity index (χ4n) is 13.8. The van der Waals surface area contributed by atoms with Gasteiger partial charge in [0.1, 0.15) is 22.8 Å². The molecule has 0 saturated carbocycles. The first-order chi connectivity index (χ1) is 43.2. The van der Waals surface area contributed by atoms with Gasteiger partial charge in [0.05, 0.1) is 34.1 Å². The van der Waals surface area contributed by atoms with E-state index in [4.69, 9.17) is 8.83 Å². The minimum absolute atomic E-state index is 0.0166. The fourth-order valence-corrected chi connectivity index (χ4v) is 13.8. The van der Waals surface area contributed by atoms with Crippen LogP contribution in [0.25, 0.3) is 121 Å². The molecule has 16 aromatic rings. The third-order valence-corrected chi connectivity index (χ3v) is 17.9.